The molecule has 0 atom stereocenters. The molecule has 0 aromatic heterocycles. The van der Waals surface area contributed by atoms with Gasteiger partial charge in [-0.2, -0.15) is 0 Å². The van der Waals surface area contributed by atoms with Gasteiger partial charge >= 0.3 is 0 Å². The van der Waals surface area contributed by atoms with Gasteiger partial charge in [0.2, 0.25) is 5.91 Å². The van der Waals surface area contributed by atoms with Crippen LogP contribution < -0.4 is 10.0 Å². The Morgan fingerprint density at radius 3 is 2.06 bits per heavy atom. The van der Waals surface area contributed by atoms with Crippen LogP contribution in [0, 0.1) is 15.9 Å². The van der Waals surface area contributed by atoms with Gasteiger partial charge in [0, 0.05) is 29.6 Å². The van der Waals surface area contributed by atoms with E-state index >= 15 is 0 Å². The first-order chi connectivity index (χ1) is 14.7. The fraction of sp³-hybridized carbons (Fsp3) is 0. The van der Waals surface area contributed by atoms with Crippen LogP contribution in [0.5, 0.6) is 0 Å². The lowest BCUT2D eigenvalue weighted by atomic mass is 10.2. The van der Waals surface area contributed by atoms with Crippen LogP contribution in [0.1, 0.15) is 5.56 Å². The molecule has 158 valence electrons. The Kier molecular flexibility index (Phi) is 6.41. The standard InChI is InChI=1S/C21H16FN3O5S/c22-16-4-6-18(7-5-16)24-31(29,30)20-12-8-17(9-13-20)23-21(26)14-3-15-1-10-19(11-2-15)25(27)28/h1-14,24H,(H,23,26)/b14-3+. The molecule has 2 N–H and O–H groups in total. The Morgan fingerprint density at radius 2 is 1.48 bits per heavy atom. The topological polar surface area (TPSA) is 118 Å². The van der Waals surface area contributed by atoms with E-state index in [-0.39, 0.29) is 16.3 Å². The van der Waals surface area contributed by atoms with Gasteiger partial charge in [0.05, 0.1) is 9.82 Å². The lowest BCUT2D eigenvalue weighted by molar-refractivity contribution is -0.384. The zero-order valence-electron chi connectivity index (χ0n) is 15.9. The number of carbonyl (C=O) groups excluding carboxylic acids is 1. The van der Waals surface area contributed by atoms with Crippen LogP contribution >= 0.6 is 0 Å². The second-order valence-electron chi connectivity index (χ2n) is 6.31. The molecule has 0 aliphatic heterocycles. The molecular weight excluding hydrogens is 425 g/mol. The van der Waals surface area contributed by atoms with Crippen LogP contribution in [0.4, 0.5) is 21.5 Å². The second kappa shape index (κ2) is 9.18. The number of anilines is 2. The van der Waals surface area contributed by atoms with Gasteiger partial charge in [-0.15, -0.1) is 0 Å². The van der Waals surface area contributed by atoms with Gasteiger partial charge in [-0.05, 0) is 72.3 Å². The first kappa shape index (κ1) is 21.7. The molecule has 3 aromatic rings. The molecule has 0 spiro atoms. The zero-order chi connectivity index (χ0) is 22.4. The number of rotatable bonds is 7. The number of hydrogen-bond acceptors (Lipinski definition) is 5. The molecule has 8 nitrogen and oxygen atoms in total. The van der Waals surface area contributed by atoms with E-state index in [2.05, 4.69) is 10.0 Å². The van der Waals surface area contributed by atoms with Crippen LogP contribution in [-0.4, -0.2) is 19.2 Å². The molecule has 0 saturated carbocycles. The fourth-order valence-corrected chi connectivity index (χ4v) is 3.57. The monoisotopic (exact) mass is 441 g/mol. The van der Waals surface area contributed by atoms with Crippen LogP contribution in [0.2, 0.25) is 0 Å². The third kappa shape index (κ3) is 5.97. The van der Waals surface area contributed by atoms with Crippen molar-refractivity contribution in [3.8, 4) is 0 Å². The predicted molar refractivity (Wildman–Crippen MR) is 114 cm³/mol. The first-order valence-corrected chi connectivity index (χ1v) is 10.3. The summed E-state index contributed by atoms with van der Waals surface area (Å²) in [7, 11) is -3.87. The minimum absolute atomic E-state index is 0.0313. The summed E-state index contributed by atoms with van der Waals surface area (Å²) in [6.07, 6.45) is 2.74. The van der Waals surface area contributed by atoms with Crippen LogP contribution in [0.3, 0.4) is 0 Å². The maximum Gasteiger partial charge on any atom is 0.269 e. The van der Waals surface area contributed by atoms with E-state index in [1.54, 1.807) is 0 Å². The summed E-state index contributed by atoms with van der Waals surface area (Å²) >= 11 is 0. The van der Waals surface area contributed by atoms with E-state index in [4.69, 9.17) is 0 Å². The summed E-state index contributed by atoms with van der Waals surface area (Å²) in [5.41, 5.74) is 1.15. The number of nitro groups is 1. The van der Waals surface area contributed by atoms with E-state index in [1.807, 2.05) is 0 Å². The molecule has 0 unspecified atom stereocenters. The molecular formula is C21H16FN3O5S. The van der Waals surface area contributed by atoms with Gasteiger partial charge in [-0.25, -0.2) is 12.8 Å². The number of sulfonamides is 1. The van der Waals surface area contributed by atoms with Crippen LogP contribution in [0.15, 0.2) is 83.8 Å². The van der Waals surface area contributed by atoms with Gasteiger partial charge in [-0.1, -0.05) is 0 Å². The number of benzene rings is 3. The quantitative estimate of drug-likeness (QED) is 0.324. The smallest absolute Gasteiger partial charge is 0.269 e. The highest BCUT2D eigenvalue weighted by Gasteiger charge is 2.14. The van der Waals surface area contributed by atoms with Crippen molar-refractivity contribution in [2.24, 2.45) is 0 Å². The predicted octanol–water partition coefficient (Wildman–Crippen LogP) is 4.19. The second-order valence-corrected chi connectivity index (χ2v) is 7.99. The molecule has 0 heterocycles. The lowest BCUT2D eigenvalue weighted by Gasteiger charge is -2.09. The Morgan fingerprint density at radius 1 is 0.903 bits per heavy atom. The highest BCUT2D eigenvalue weighted by Crippen LogP contribution is 2.19. The normalized spacial score (nSPS) is 11.3. The molecule has 31 heavy (non-hydrogen) atoms. The maximum atomic E-state index is 12.9. The molecule has 0 aliphatic rings. The summed E-state index contributed by atoms with van der Waals surface area (Å²) < 4.78 is 40.1. The van der Waals surface area contributed by atoms with Crippen molar-refractivity contribution in [1.82, 2.24) is 0 Å². The third-order valence-corrected chi connectivity index (χ3v) is 5.46. The molecule has 3 rings (SSSR count). The van der Waals surface area contributed by atoms with Gasteiger partial charge in [0.1, 0.15) is 5.82 Å². The molecule has 3 aromatic carbocycles. The molecule has 0 bridgehead atoms. The fourth-order valence-electron chi connectivity index (χ4n) is 2.51. The molecule has 10 heteroatoms. The average molecular weight is 441 g/mol. The Labute approximate surface area is 177 Å². The highest BCUT2D eigenvalue weighted by molar-refractivity contribution is 7.92. The van der Waals surface area contributed by atoms with Gasteiger partial charge in [0.25, 0.3) is 15.7 Å². The number of nitrogens with zero attached hydrogens (tertiary/aromatic N) is 1. The summed E-state index contributed by atoms with van der Waals surface area (Å²) in [4.78, 5) is 22.1. The van der Waals surface area contributed by atoms with E-state index in [0.29, 0.717) is 11.3 Å². The van der Waals surface area contributed by atoms with Gasteiger partial charge in [-0.3, -0.25) is 19.6 Å². The molecule has 0 radical (unpaired) electrons. The Hall–Kier alpha value is -4.05. The average Bonchev–Trinajstić information content (AvgIpc) is 2.74. The van der Waals surface area contributed by atoms with E-state index in [9.17, 15) is 27.7 Å². The lowest BCUT2D eigenvalue weighted by Crippen LogP contribution is -2.13. The SMILES string of the molecule is O=C(/C=C/c1ccc([N+](=O)[O-])cc1)Nc1ccc(S(=O)(=O)Nc2ccc(F)cc2)cc1. The number of halogens is 1. The molecule has 1 amide bonds. The first-order valence-electron chi connectivity index (χ1n) is 8.85. The number of hydrogen-bond donors (Lipinski definition) is 2. The van der Waals surface area contributed by atoms with Crippen molar-refractivity contribution in [3.63, 3.8) is 0 Å². The van der Waals surface area contributed by atoms with Crippen LogP contribution in [-0.2, 0) is 14.8 Å². The van der Waals surface area contributed by atoms with Crippen molar-refractivity contribution in [3.05, 3.63) is 100 Å². The summed E-state index contributed by atoms with van der Waals surface area (Å²) in [6.45, 7) is 0. The van der Waals surface area contributed by atoms with Gasteiger partial charge < -0.3 is 5.32 Å². The van der Waals surface area contributed by atoms with E-state index in [1.165, 1.54) is 72.8 Å². The minimum Gasteiger partial charge on any atom is -0.323 e. The van der Waals surface area contributed by atoms with E-state index in [0.717, 1.165) is 12.1 Å². The minimum atomic E-state index is -3.87. The number of carbonyl (C=O) groups is 1. The molecule has 0 aliphatic carbocycles. The maximum absolute atomic E-state index is 12.9. The van der Waals surface area contributed by atoms with Crippen molar-refractivity contribution in [2.75, 3.05) is 10.0 Å². The van der Waals surface area contributed by atoms with Crippen molar-refractivity contribution >= 4 is 39.1 Å². The van der Waals surface area contributed by atoms with Gasteiger partial charge in [0.15, 0.2) is 0 Å². The van der Waals surface area contributed by atoms with Crippen molar-refractivity contribution in [1.29, 1.82) is 0 Å². The molecule has 0 saturated heterocycles. The number of amides is 1. The summed E-state index contributed by atoms with van der Waals surface area (Å²) in [6, 6.07) is 16.1. The largest absolute Gasteiger partial charge is 0.323 e. The number of non-ortho nitro benzene ring substituents is 1. The van der Waals surface area contributed by atoms with Crippen LogP contribution in [0.25, 0.3) is 6.08 Å². The van der Waals surface area contributed by atoms with Crippen molar-refractivity contribution < 1.29 is 22.5 Å². The van der Waals surface area contributed by atoms with E-state index < -0.39 is 26.7 Å². The van der Waals surface area contributed by atoms with Crippen molar-refractivity contribution in [2.45, 2.75) is 4.90 Å². The highest BCUT2D eigenvalue weighted by atomic mass is 32.2. The zero-order valence-corrected chi connectivity index (χ0v) is 16.7. The summed E-state index contributed by atoms with van der Waals surface area (Å²) in [5.74, 6) is -0.941. The number of nitrogens with one attached hydrogen (secondary N) is 2. The Balaban J connectivity index is 1.62. The Bertz CT molecular complexity index is 1220. The number of nitro benzene ring substituents is 1. The third-order valence-electron chi connectivity index (χ3n) is 4.06. The molecule has 0 fully saturated rings. The summed E-state index contributed by atoms with van der Waals surface area (Å²) in [5, 5.41) is 13.2.